The summed E-state index contributed by atoms with van der Waals surface area (Å²) in [6.45, 7) is 12.5. The summed E-state index contributed by atoms with van der Waals surface area (Å²) < 4.78 is 0. The third-order valence-electron chi connectivity index (χ3n) is 4.39. The minimum absolute atomic E-state index is 0.147. The molecule has 1 unspecified atom stereocenters. The van der Waals surface area contributed by atoms with Gasteiger partial charge in [0.15, 0.2) is 0 Å². The summed E-state index contributed by atoms with van der Waals surface area (Å²) in [5, 5.41) is 9.01. The predicted octanol–water partition coefficient (Wildman–Crippen LogP) is 4.07. The number of nitrogens with zero attached hydrogens (tertiary/aromatic N) is 2. The van der Waals surface area contributed by atoms with Crippen LogP contribution in [0.4, 0.5) is 0 Å². The molecule has 0 saturated carbocycles. The van der Waals surface area contributed by atoms with Crippen LogP contribution in [0.2, 0.25) is 0 Å². The van der Waals surface area contributed by atoms with E-state index in [9.17, 15) is 0 Å². The lowest BCUT2D eigenvalue weighted by Crippen LogP contribution is -2.27. The molecule has 0 aromatic rings. The van der Waals surface area contributed by atoms with Gasteiger partial charge in [0.25, 0.3) is 0 Å². The van der Waals surface area contributed by atoms with E-state index in [-0.39, 0.29) is 5.41 Å². The summed E-state index contributed by atoms with van der Waals surface area (Å²) in [6, 6.07) is 2.39. The maximum atomic E-state index is 9.01. The molecule has 1 heterocycles. The Hall–Kier alpha value is -0.550. The number of hydrogen-bond acceptors (Lipinski definition) is 2. The second-order valence-corrected chi connectivity index (χ2v) is 6.88. The average Bonchev–Trinajstić information content (AvgIpc) is 2.54. The molecule has 1 fully saturated rings. The van der Waals surface area contributed by atoms with Gasteiger partial charge in [-0.15, -0.1) is 0 Å². The Morgan fingerprint density at radius 2 is 2.00 bits per heavy atom. The molecule has 0 aliphatic carbocycles. The van der Waals surface area contributed by atoms with E-state index in [1.165, 1.54) is 38.9 Å². The van der Waals surface area contributed by atoms with E-state index < -0.39 is 0 Å². The van der Waals surface area contributed by atoms with Crippen LogP contribution < -0.4 is 0 Å². The van der Waals surface area contributed by atoms with Crippen molar-refractivity contribution < 1.29 is 0 Å². The molecule has 2 nitrogen and oxygen atoms in total. The molecule has 0 amide bonds. The predicted molar refractivity (Wildman–Crippen MR) is 77.2 cm³/mol. The van der Waals surface area contributed by atoms with Crippen LogP contribution in [-0.4, -0.2) is 24.5 Å². The van der Waals surface area contributed by atoms with Crippen molar-refractivity contribution in [1.82, 2.24) is 4.90 Å². The molecule has 18 heavy (non-hydrogen) atoms. The second-order valence-electron chi connectivity index (χ2n) is 6.88. The average molecular weight is 250 g/mol. The highest BCUT2D eigenvalue weighted by Gasteiger charge is 2.20. The van der Waals surface area contributed by atoms with Crippen LogP contribution in [-0.2, 0) is 0 Å². The Morgan fingerprint density at radius 3 is 2.61 bits per heavy atom. The van der Waals surface area contributed by atoms with E-state index in [0.717, 1.165) is 24.7 Å². The first-order valence-corrected chi connectivity index (χ1v) is 7.58. The monoisotopic (exact) mass is 250 g/mol. The van der Waals surface area contributed by atoms with Crippen LogP contribution in [0.5, 0.6) is 0 Å². The molecule has 0 aromatic heterocycles. The van der Waals surface area contributed by atoms with Gasteiger partial charge in [-0.25, -0.2) is 0 Å². The Bertz CT molecular complexity index is 275. The molecule has 2 heteroatoms. The third-order valence-corrected chi connectivity index (χ3v) is 4.39. The van der Waals surface area contributed by atoms with Crippen molar-refractivity contribution >= 4 is 0 Å². The summed E-state index contributed by atoms with van der Waals surface area (Å²) in [5.74, 6) is 1.76. The molecule has 1 atom stereocenters. The molecule has 0 aromatic carbocycles. The van der Waals surface area contributed by atoms with E-state index in [1.54, 1.807) is 0 Å². The van der Waals surface area contributed by atoms with E-state index in [0.29, 0.717) is 0 Å². The summed E-state index contributed by atoms with van der Waals surface area (Å²) in [6.07, 6.45) is 6.29. The van der Waals surface area contributed by atoms with Crippen LogP contribution in [0.25, 0.3) is 0 Å². The van der Waals surface area contributed by atoms with Crippen molar-refractivity contribution in [1.29, 1.82) is 5.26 Å². The zero-order chi connectivity index (χ0) is 13.6. The fourth-order valence-corrected chi connectivity index (χ4v) is 2.87. The van der Waals surface area contributed by atoms with E-state index in [4.69, 9.17) is 5.26 Å². The number of hydrogen-bond donors (Lipinski definition) is 0. The Kier molecular flexibility index (Phi) is 6.15. The standard InChI is InChI=1S/C16H30N2/c1-14(2)15-7-5-10-18(12-8-15)11-6-9-16(3,4)13-17/h14-15H,5-12H2,1-4H3. The molecule has 0 spiro atoms. The van der Waals surface area contributed by atoms with Crippen molar-refractivity contribution in [3.8, 4) is 6.07 Å². The largest absolute Gasteiger partial charge is 0.303 e. The van der Waals surface area contributed by atoms with Crippen molar-refractivity contribution in [2.24, 2.45) is 17.3 Å². The number of rotatable bonds is 5. The van der Waals surface area contributed by atoms with Gasteiger partial charge in [-0.2, -0.15) is 5.26 Å². The molecule has 1 aliphatic heterocycles. The lowest BCUT2D eigenvalue weighted by molar-refractivity contribution is 0.256. The van der Waals surface area contributed by atoms with Crippen LogP contribution >= 0.6 is 0 Å². The van der Waals surface area contributed by atoms with Gasteiger partial charge in [-0.05, 0) is 77.4 Å². The minimum Gasteiger partial charge on any atom is -0.303 e. The highest BCUT2D eigenvalue weighted by Crippen LogP contribution is 2.25. The Balaban J connectivity index is 2.26. The molecule has 1 aliphatic rings. The maximum absolute atomic E-state index is 9.01. The van der Waals surface area contributed by atoms with Gasteiger partial charge in [0.1, 0.15) is 0 Å². The van der Waals surface area contributed by atoms with Crippen molar-refractivity contribution in [3.05, 3.63) is 0 Å². The fourth-order valence-electron chi connectivity index (χ4n) is 2.87. The maximum Gasteiger partial charge on any atom is 0.0683 e. The van der Waals surface area contributed by atoms with Crippen LogP contribution in [0.1, 0.15) is 59.8 Å². The third kappa shape index (κ3) is 5.40. The zero-order valence-electron chi connectivity index (χ0n) is 12.7. The molecular formula is C16H30N2. The van der Waals surface area contributed by atoms with Gasteiger partial charge >= 0.3 is 0 Å². The van der Waals surface area contributed by atoms with Gasteiger partial charge < -0.3 is 4.90 Å². The smallest absolute Gasteiger partial charge is 0.0683 e. The fraction of sp³-hybridized carbons (Fsp3) is 0.938. The molecule has 0 bridgehead atoms. The molecular weight excluding hydrogens is 220 g/mol. The van der Waals surface area contributed by atoms with Gasteiger partial charge in [0.2, 0.25) is 0 Å². The first-order chi connectivity index (χ1) is 8.44. The number of nitriles is 1. The van der Waals surface area contributed by atoms with Crippen LogP contribution in [0.3, 0.4) is 0 Å². The minimum atomic E-state index is -0.147. The first-order valence-electron chi connectivity index (χ1n) is 7.58. The molecule has 0 N–H and O–H groups in total. The topological polar surface area (TPSA) is 27.0 Å². The van der Waals surface area contributed by atoms with E-state index >= 15 is 0 Å². The quantitative estimate of drug-likeness (QED) is 0.735. The Labute approximate surface area is 113 Å². The molecule has 1 rings (SSSR count). The number of likely N-dealkylation sites (tertiary alicyclic amines) is 1. The SMILES string of the molecule is CC(C)C1CCCN(CCCC(C)(C)C#N)CC1. The second kappa shape index (κ2) is 7.14. The summed E-state index contributed by atoms with van der Waals surface area (Å²) >= 11 is 0. The Morgan fingerprint density at radius 1 is 1.28 bits per heavy atom. The lowest BCUT2D eigenvalue weighted by Gasteiger charge is -2.22. The van der Waals surface area contributed by atoms with Gasteiger partial charge in [-0.1, -0.05) is 13.8 Å². The van der Waals surface area contributed by atoms with Gasteiger partial charge in [0, 0.05) is 0 Å². The van der Waals surface area contributed by atoms with Crippen molar-refractivity contribution in [2.75, 3.05) is 19.6 Å². The van der Waals surface area contributed by atoms with Crippen LogP contribution in [0.15, 0.2) is 0 Å². The van der Waals surface area contributed by atoms with E-state index in [2.05, 4.69) is 24.8 Å². The van der Waals surface area contributed by atoms with Gasteiger partial charge in [0.05, 0.1) is 11.5 Å². The summed E-state index contributed by atoms with van der Waals surface area (Å²) in [7, 11) is 0. The first kappa shape index (κ1) is 15.5. The summed E-state index contributed by atoms with van der Waals surface area (Å²) in [4.78, 5) is 2.61. The highest BCUT2D eigenvalue weighted by atomic mass is 15.1. The van der Waals surface area contributed by atoms with Crippen LogP contribution in [0, 0.1) is 28.6 Å². The lowest BCUT2D eigenvalue weighted by atomic mass is 9.89. The van der Waals surface area contributed by atoms with E-state index in [1.807, 2.05) is 13.8 Å². The van der Waals surface area contributed by atoms with Crippen molar-refractivity contribution in [3.63, 3.8) is 0 Å². The zero-order valence-corrected chi connectivity index (χ0v) is 12.7. The normalized spacial score (nSPS) is 22.8. The highest BCUT2D eigenvalue weighted by molar-refractivity contribution is 4.91. The molecule has 0 radical (unpaired) electrons. The van der Waals surface area contributed by atoms with Gasteiger partial charge in [-0.3, -0.25) is 0 Å². The molecule has 1 saturated heterocycles. The van der Waals surface area contributed by atoms with Crippen molar-refractivity contribution in [2.45, 2.75) is 59.8 Å². The summed E-state index contributed by atoms with van der Waals surface area (Å²) in [5.41, 5.74) is -0.147. The molecule has 104 valence electrons.